The fraction of sp³-hybridized carbons (Fsp3) is 0.708. The van der Waals surface area contributed by atoms with Gasteiger partial charge in [0.15, 0.2) is 9.84 Å². The Morgan fingerprint density at radius 1 is 0.900 bits per heavy atom. The van der Waals surface area contributed by atoms with Gasteiger partial charge in [-0.1, -0.05) is 37.1 Å². The summed E-state index contributed by atoms with van der Waals surface area (Å²) in [4.78, 5) is 18.2. The molecule has 1 amide bonds. The third-order valence-electron chi connectivity index (χ3n) is 7.68. The van der Waals surface area contributed by atoms with Gasteiger partial charge in [0.25, 0.3) is 0 Å². The maximum Gasteiger partial charge on any atom is 0.237 e. The summed E-state index contributed by atoms with van der Waals surface area (Å²) in [7, 11) is -3.00. The Kier molecular flexibility index (Phi) is 5.65. The summed E-state index contributed by atoms with van der Waals surface area (Å²) in [6.07, 6.45) is 10.7. The summed E-state index contributed by atoms with van der Waals surface area (Å²) in [5, 5.41) is 0. The Labute approximate surface area is 180 Å². The van der Waals surface area contributed by atoms with Gasteiger partial charge in [0.2, 0.25) is 5.91 Å². The van der Waals surface area contributed by atoms with Crippen molar-refractivity contribution in [1.82, 2.24) is 9.80 Å². The van der Waals surface area contributed by atoms with E-state index < -0.39 is 9.84 Å². The summed E-state index contributed by atoms with van der Waals surface area (Å²) in [5.74, 6) is 0.556. The van der Waals surface area contributed by atoms with Crippen molar-refractivity contribution in [3.63, 3.8) is 0 Å². The molecule has 4 aliphatic rings. The summed E-state index contributed by atoms with van der Waals surface area (Å²) in [6.45, 7) is 0.441. The van der Waals surface area contributed by atoms with Gasteiger partial charge in [-0.3, -0.25) is 9.69 Å². The lowest BCUT2D eigenvalue weighted by Crippen LogP contribution is -2.51. The standard InChI is InChI=1S/C24H34N2O3S/c27-24(26(20-8-2-3-9-20)21-14-15-30(28,29)17-21)16-25(19-12-13-19)23-11-5-7-18-6-1-4-10-22(18)23/h1,4,6,10,19-21,23H,2-3,5,7-9,11-17H2. The highest BCUT2D eigenvalue weighted by molar-refractivity contribution is 7.91. The number of nitrogens with zero attached hydrogens (tertiary/aromatic N) is 2. The second kappa shape index (κ2) is 8.27. The molecule has 5 nitrogen and oxygen atoms in total. The number of benzene rings is 1. The molecule has 0 N–H and O–H groups in total. The van der Waals surface area contributed by atoms with Gasteiger partial charge in [-0.2, -0.15) is 0 Å². The Balaban J connectivity index is 1.38. The highest BCUT2D eigenvalue weighted by atomic mass is 32.2. The molecule has 5 rings (SSSR count). The Morgan fingerprint density at radius 2 is 1.67 bits per heavy atom. The maximum atomic E-state index is 13.7. The fourth-order valence-electron chi connectivity index (χ4n) is 6.09. The maximum absolute atomic E-state index is 13.7. The van der Waals surface area contributed by atoms with E-state index in [1.807, 2.05) is 4.90 Å². The molecule has 1 saturated heterocycles. The zero-order chi connectivity index (χ0) is 20.7. The summed E-state index contributed by atoms with van der Waals surface area (Å²) >= 11 is 0. The normalized spacial score (nSPS) is 28.6. The van der Waals surface area contributed by atoms with Crippen LogP contribution in [-0.4, -0.2) is 60.3 Å². The molecule has 30 heavy (non-hydrogen) atoms. The second-order valence-corrected chi connectivity index (χ2v) is 12.0. The van der Waals surface area contributed by atoms with Crippen LogP contribution in [0.25, 0.3) is 0 Å². The van der Waals surface area contributed by atoms with Gasteiger partial charge < -0.3 is 4.90 Å². The lowest BCUT2D eigenvalue weighted by molar-refractivity contribution is -0.137. The quantitative estimate of drug-likeness (QED) is 0.693. The third kappa shape index (κ3) is 4.18. The minimum atomic E-state index is -3.00. The summed E-state index contributed by atoms with van der Waals surface area (Å²) < 4.78 is 24.3. The molecule has 6 heteroatoms. The van der Waals surface area contributed by atoms with Crippen LogP contribution in [0.15, 0.2) is 24.3 Å². The highest BCUT2D eigenvalue weighted by Gasteiger charge is 2.42. The van der Waals surface area contributed by atoms with Crippen LogP contribution >= 0.6 is 0 Å². The van der Waals surface area contributed by atoms with Crippen LogP contribution in [0.5, 0.6) is 0 Å². The van der Waals surface area contributed by atoms with Gasteiger partial charge in [0, 0.05) is 24.2 Å². The molecular weight excluding hydrogens is 396 g/mol. The first-order chi connectivity index (χ1) is 14.5. The Hall–Kier alpha value is -1.40. The van der Waals surface area contributed by atoms with Gasteiger partial charge >= 0.3 is 0 Å². The topological polar surface area (TPSA) is 57.7 Å². The minimum absolute atomic E-state index is 0.120. The minimum Gasteiger partial charge on any atom is -0.335 e. The number of carbonyl (C=O) groups excluding carboxylic acids is 1. The van der Waals surface area contributed by atoms with E-state index in [1.165, 1.54) is 30.4 Å². The van der Waals surface area contributed by atoms with Crippen LogP contribution in [0.4, 0.5) is 0 Å². The lowest BCUT2D eigenvalue weighted by Gasteiger charge is -2.39. The SMILES string of the molecule is O=C(CN(C1CC1)C1CCCc2ccccc21)N(C1CCCC1)C1CCS(=O)(=O)C1. The molecule has 0 bridgehead atoms. The summed E-state index contributed by atoms with van der Waals surface area (Å²) in [6, 6.07) is 9.67. The van der Waals surface area contributed by atoms with Crippen LogP contribution in [-0.2, 0) is 21.1 Å². The van der Waals surface area contributed by atoms with Gasteiger partial charge in [-0.15, -0.1) is 0 Å². The smallest absolute Gasteiger partial charge is 0.237 e. The number of amides is 1. The largest absolute Gasteiger partial charge is 0.335 e. The van der Waals surface area contributed by atoms with E-state index in [1.54, 1.807) is 0 Å². The van der Waals surface area contributed by atoms with Crippen molar-refractivity contribution < 1.29 is 13.2 Å². The van der Waals surface area contributed by atoms with Crippen molar-refractivity contribution in [3.05, 3.63) is 35.4 Å². The van der Waals surface area contributed by atoms with E-state index in [9.17, 15) is 13.2 Å². The van der Waals surface area contributed by atoms with Crippen molar-refractivity contribution in [2.45, 2.75) is 88.4 Å². The molecule has 3 fully saturated rings. The Morgan fingerprint density at radius 3 is 2.37 bits per heavy atom. The molecule has 1 heterocycles. The van der Waals surface area contributed by atoms with Crippen molar-refractivity contribution in [1.29, 1.82) is 0 Å². The van der Waals surface area contributed by atoms with E-state index in [2.05, 4.69) is 29.2 Å². The third-order valence-corrected chi connectivity index (χ3v) is 9.43. The molecule has 1 aromatic rings. The number of hydrogen-bond acceptors (Lipinski definition) is 4. The zero-order valence-electron chi connectivity index (χ0n) is 17.8. The van der Waals surface area contributed by atoms with Gasteiger partial charge in [-0.25, -0.2) is 8.42 Å². The first kappa shape index (κ1) is 20.5. The molecule has 0 radical (unpaired) electrons. The fourth-order valence-corrected chi connectivity index (χ4v) is 7.80. The van der Waals surface area contributed by atoms with Crippen LogP contribution in [0, 0.1) is 0 Å². The van der Waals surface area contributed by atoms with E-state index in [-0.39, 0.29) is 29.5 Å². The molecule has 0 aromatic heterocycles. The van der Waals surface area contributed by atoms with Crippen molar-refractivity contribution in [3.8, 4) is 0 Å². The molecular formula is C24H34N2O3S. The monoisotopic (exact) mass is 430 g/mol. The number of fused-ring (bicyclic) bond motifs is 1. The van der Waals surface area contributed by atoms with E-state index >= 15 is 0 Å². The van der Waals surface area contributed by atoms with Gasteiger partial charge in [0.05, 0.1) is 18.1 Å². The molecule has 3 aliphatic carbocycles. The average Bonchev–Trinajstić information content (AvgIpc) is 3.32. The Bertz CT molecular complexity index is 889. The summed E-state index contributed by atoms with van der Waals surface area (Å²) in [5.41, 5.74) is 2.83. The van der Waals surface area contributed by atoms with Gasteiger partial charge in [-0.05, 0) is 62.5 Å². The van der Waals surface area contributed by atoms with Gasteiger partial charge in [0.1, 0.15) is 0 Å². The van der Waals surface area contributed by atoms with E-state index in [4.69, 9.17) is 0 Å². The first-order valence-corrected chi connectivity index (χ1v) is 13.7. The van der Waals surface area contributed by atoms with Crippen molar-refractivity contribution in [2.75, 3.05) is 18.1 Å². The lowest BCUT2D eigenvalue weighted by atomic mass is 9.86. The average molecular weight is 431 g/mol. The molecule has 1 aromatic carbocycles. The van der Waals surface area contributed by atoms with E-state index in [0.717, 1.165) is 38.5 Å². The molecule has 2 unspecified atom stereocenters. The number of carbonyl (C=O) groups is 1. The van der Waals surface area contributed by atoms with E-state index in [0.29, 0.717) is 25.0 Å². The second-order valence-electron chi connectivity index (χ2n) is 9.81. The highest BCUT2D eigenvalue weighted by Crippen LogP contribution is 2.41. The van der Waals surface area contributed by atoms with Crippen LogP contribution in [0.2, 0.25) is 0 Å². The number of hydrogen-bond donors (Lipinski definition) is 0. The van der Waals surface area contributed by atoms with Crippen LogP contribution in [0.1, 0.15) is 75.0 Å². The van der Waals surface area contributed by atoms with Crippen molar-refractivity contribution in [2.24, 2.45) is 0 Å². The van der Waals surface area contributed by atoms with Crippen LogP contribution < -0.4 is 0 Å². The number of aryl methyl sites for hydroxylation is 1. The zero-order valence-corrected chi connectivity index (χ0v) is 18.7. The predicted molar refractivity (Wildman–Crippen MR) is 118 cm³/mol. The first-order valence-electron chi connectivity index (χ1n) is 11.9. The van der Waals surface area contributed by atoms with Crippen molar-refractivity contribution >= 4 is 15.7 Å². The number of sulfone groups is 1. The molecule has 2 saturated carbocycles. The van der Waals surface area contributed by atoms with Crippen LogP contribution in [0.3, 0.4) is 0 Å². The predicted octanol–water partition coefficient (Wildman–Crippen LogP) is 3.49. The molecule has 1 aliphatic heterocycles. The molecule has 0 spiro atoms. The molecule has 164 valence electrons. The molecule has 2 atom stereocenters. The number of rotatable bonds is 6.